The zero-order chi connectivity index (χ0) is 20.7. The molecule has 0 radical (unpaired) electrons. The van der Waals surface area contributed by atoms with Crippen LogP contribution in [0.5, 0.6) is 0 Å². The van der Waals surface area contributed by atoms with Crippen molar-refractivity contribution in [3.05, 3.63) is 54.1 Å². The first-order chi connectivity index (χ1) is 13.2. The van der Waals surface area contributed by atoms with Crippen molar-refractivity contribution in [1.29, 1.82) is 5.26 Å². The fourth-order valence-corrected chi connectivity index (χ4v) is 3.72. The van der Waals surface area contributed by atoms with Crippen LogP contribution in [0.2, 0.25) is 0 Å². The number of hydrogen-bond acceptors (Lipinski definition) is 5. The SMILES string of the molecule is CC(C)NS(=O)(=O)c1ccc(NC(=O)C(C)Nc2ccc(CC#N)cc2)cc1. The summed E-state index contributed by atoms with van der Waals surface area (Å²) in [6.45, 7) is 5.22. The van der Waals surface area contributed by atoms with Gasteiger partial charge < -0.3 is 10.6 Å². The van der Waals surface area contributed by atoms with Gasteiger partial charge in [0.1, 0.15) is 6.04 Å². The average Bonchev–Trinajstić information content (AvgIpc) is 2.63. The molecule has 2 rings (SSSR count). The Morgan fingerprint density at radius 2 is 1.57 bits per heavy atom. The van der Waals surface area contributed by atoms with Crippen LogP contribution in [0.4, 0.5) is 11.4 Å². The third-order valence-electron chi connectivity index (χ3n) is 3.84. The zero-order valence-corrected chi connectivity index (χ0v) is 16.9. The number of benzene rings is 2. The lowest BCUT2D eigenvalue weighted by Crippen LogP contribution is -2.32. The normalized spacial score (nSPS) is 12.2. The molecule has 0 aliphatic rings. The molecule has 0 aromatic heterocycles. The molecule has 1 amide bonds. The molecule has 3 N–H and O–H groups in total. The molecule has 0 spiro atoms. The van der Waals surface area contributed by atoms with E-state index in [0.29, 0.717) is 12.1 Å². The monoisotopic (exact) mass is 400 g/mol. The molecular formula is C20H24N4O3S. The molecule has 1 unspecified atom stereocenters. The third kappa shape index (κ3) is 6.08. The summed E-state index contributed by atoms with van der Waals surface area (Å²) in [5.41, 5.74) is 2.18. The van der Waals surface area contributed by atoms with Crippen molar-refractivity contribution in [2.75, 3.05) is 10.6 Å². The molecule has 0 heterocycles. The van der Waals surface area contributed by atoms with E-state index < -0.39 is 16.1 Å². The molecule has 7 nitrogen and oxygen atoms in total. The molecular weight excluding hydrogens is 376 g/mol. The van der Waals surface area contributed by atoms with E-state index in [1.54, 1.807) is 32.9 Å². The lowest BCUT2D eigenvalue weighted by molar-refractivity contribution is -0.116. The van der Waals surface area contributed by atoms with Gasteiger partial charge in [-0.2, -0.15) is 5.26 Å². The first kappa shape index (κ1) is 21.4. The molecule has 2 aromatic rings. The van der Waals surface area contributed by atoms with Gasteiger partial charge in [-0.25, -0.2) is 13.1 Å². The Labute approximate surface area is 165 Å². The number of rotatable bonds is 8. The van der Waals surface area contributed by atoms with Gasteiger partial charge in [0, 0.05) is 17.4 Å². The van der Waals surface area contributed by atoms with E-state index in [2.05, 4.69) is 21.4 Å². The highest BCUT2D eigenvalue weighted by atomic mass is 32.2. The molecule has 0 aliphatic carbocycles. The Balaban J connectivity index is 1.97. The minimum atomic E-state index is -3.56. The van der Waals surface area contributed by atoms with Gasteiger partial charge in [0.25, 0.3) is 0 Å². The number of amides is 1. The fourth-order valence-electron chi connectivity index (χ4n) is 2.47. The first-order valence-corrected chi connectivity index (χ1v) is 10.4. The predicted octanol–water partition coefficient (Wildman–Crippen LogP) is 2.88. The standard InChI is InChI=1S/C20H24N4O3S/c1-14(2)24-28(26,27)19-10-8-18(9-11-19)23-20(25)15(3)22-17-6-4-16(5-7-17)12-13-21/h4-11,14-15,22,24H,12H2,1-3H3,(H,23,25). The molecule has 0 fully saturated rings. The van der Waals surface area contributed by atoms with Crippen LogP contribution < -0.4 is 15.4 Å². The van der Waals surface area contributed by atoms with E-state index in [1.807, 2.05) is 24.3 Å². The van der Waals surface area contributed by atoms with E-state index in [1.165, 1.54) is 12.1 Å². The Bertz CT molecular complexity index is 946. The van der Waals surface area contributed by atoms with Crippen LogP contribution in [0.25, 0.3) is 0 Å². The average molecular weight is 401 g/mol. The summed E-state index contributed by atoms with van der Waals surface area (Å²) in [5, 5.41) is 14.5. The predicted molar refractivity (Wildman–Crippen MR) is 109 cm³/mol. The maximum absolute atomic E-state index is 12.4. The minimum Gasteiger partial charge on any atom is -0.374 e. The Kier molecular flexibility index (Phi) is 7.15. The topological polar surface area (TPSA) is 111 Å². The summed E-state index contributed by atoms with van der Waals surface area (Å²) in [6, 6.07) is 14.7. The van der Waals surface area contributed by atoms with E-state index in [4.69, 9.17) is 5.26 Å². The van der Waals surface area contributed by atoms with Crippen LogP contribution in [0, 0.1) is 11.3 Å². The van der Waals surface area contributed by atoms with Crippen LogP contribution in [0.15, 0.2) is 53.4 Å². The van der Waals surface area contributed by atoms with Crippen molar-refractivity contribution in [2.45, 2.75) is 44.2 Å². The van der Waals surface area contributed by atoms with Crippen molar-refractivity contribution >= 4 is 27.3 Å². The van der Waals surface area contributed by atoms with E-state index in [-0.39, 0.29) is 16.8 Å². The maximum atomic E-state index is 12.4. The highest BCUT2D eigenvalue weighted by molar-refractivity contribution is 7.89. The quantitative estimate of drug-likeness (QED) is 0.631. The highest BCUT2D eigenvalue weighted by Crippen LogP contribution is 2.16. The summed E-state index contributed by atoms with van der Waals surface area (Å²) < 4.78 is 26.8. The van der Waals surface area contributed by atoms with Crippen LogP contribution in [-0.4, -0.2) is 26.4 Å². The summed E-state index contributed by atoms with van der Waals surface area (Å²) in [4.78, 5) is 12.5. The zero-order valence-electron chi connectivity index (χ0n) is 16.1. The summed E-state index contributed by atoms with van der Waals surface area (Å²) in [6.07, 6.45) is 0.342. The van der Waals surface area contributed by atoms with Gasteiger partial charge in [-0.3, -0.25) is 4.79 Å². The summed E-state index contributed by atoms with van der Waals surface area (Å²) in [7, 11) is -3.56. The number of nitrogens with zero attached hydrogens (tertiary/aromatic N) is 1. The summed E-state index contributed by atoms with van der Waals surface area (Å²) >= 11 is 0. The van der Waals surface area contributed by atoms with Gasteiger partial charge in [-0.05, 0) is 62.7 Å². The first-order valence-electron chi connectivity index (χ1n) is 8.87. The van der Waals surface area contributed by atoms with Gasteiger partial charge in [0.05, 0.1) is 17.4 Å². The van der Waals surface area contributed by atoms with Gasteiger partial charge in [0.15, 0.2) is 0 Å². The molecule has 0 saturated carbocycles. The maximum Gasteiger partial charge on any atom is 0.246 e. The minimum absolute atomic E-state index is 0.142. The Morgan fingerprint density at radius 1 is 1.00 bits per heavy atom. The molecule has 0 aliphatic heterocycles. The van der Waals surface area contributed by atoms with E-state index >= 15 is 0 Å². The number of hydrogen-bond donors (Lipinski definition) is 3. The lowest BCUT2D eigenvalue weighted by Gasteiger charge is -2.16. The summed E-state index contributed by atoms with van der Waals surface area (Å²) in [5.74, 6) is -0.253. The molecule has 8 heteroatoms. The van der Waals surface area contributed by atoms with E-state index in [9.17, 15) is 13.2 Å². The smallest absolute Gasteiger partial charge is 0.246 e. The number of nitrogens with one attached hydrogen (secondary N) is 3. The number of carbonyl (C=O) groups excluding carboxylic acids is 1. The molecule has 0 saturated heterocycles. The molecule has 1 atom stereocenters. The number of nitriles is 1. The highest BCUT2D eigenvalue weighted by Gasteiger charge is 2.16. The Morgan fingerprint density at radius 3 is 2.11 bits per heavy atom. The third-order valence-corrected chi connectivity index (χ3v) is 5.51. The second-order valence-corrected chi connectivity index (χ2v) is 8.40. The molecule has 0 bridgehead atoms. The number of anilines is 2. The van der Waals surface area contributed by atoms with Gasteiger partial charge in [-0.15, -0.1) is 0 Å². The van der Waals surface area contributed by atoms with Crippen LogP contribution in [0.3, 0.4) is 0 Å². The number of carbonyl (C=O) groups is 1. The largest absolute Gasteiger partial charge is 0.374 e. The van der Waals surface area contributed by atoms with Crippen molar-refractivity contribution in [3.8, 4) is 6.07 Å². The Hall–Kier alpha value is -2.89. The van der Waals surface area contributed by atoms with Gasteiger partial charge in [-0.1, -0.05) is 12.1 Å². The molecule has 28 heavy (non-hydrogen) atoms. The second kappa shape index (κ2) is 9.35. The van der Waals surface area contributed by atoms with Crippen LogP contribution in [0.1, 0.15) is 26.3 Å². The van der Waals surface area contributed by atoms with E-state index in [0.717, 1.165) is 11.3 Å². The van der Waals surface area contributed by atoms with Gasteiger partial charge >= 0.3 is 0 Å². The van der Waals surface area contributed by atoms with Crippen molar-refractivity contribution in [2.24, 2.45) is 0 Å². The van der Waals surface area contributed by atoms with Crippen LogP contribution in [-0.2, 0) is 21.2 Å². The van der Waals surface area contributed by atoms with Crippen molar-refractivity contribution < 1.29 is 13.2 Å². The molecule has 148 valence electrons. The molecule has 2 aromatic carbocycles. The van der Waals surface area contributed by atoms with Gasteiger partial charge in [0.2, 0.25) is 15.9 Å². The second-order valence-electron chi connectivity index (χ2n) is 6.69. The fraction of sp³-hybridized carbons (Fsp3) is 0.300. The van der Waals surface area contributed by atoms with Crippen molar-refractivity contribution in [3.63, 3.8) is 0 Å². The lowest BCUT2D eigenvalue weighted by atomic mass is 10.1. The van der Waals surface area contributed by atoms with Crippen molar-refractivity contribution in [1.82, 2.24) is 4.72 Å². The van der Waals surface area contributed by atoms with Crippen LogP contribution >= 0.6 is 0 Å². The number of sulfonamides is 1.